The van der Waals surface area contributed by atoms with Crippen LogP contribution in [0.25, 0.3) is 11.0 Å². The van der Waals surface area contributed by atoms with Gasteiger partial charge in [-0.05, 0) is 86.1 Å². The molecule has 182 valence electrons. The molecule has 0 unspecified atom stereocenters. The zero-order valence-corrected chi connectivity index (χ0v) is 20.5. The van der Waals surface area contributed by atoms with Crippen LogP contribution in [0.3, 0.4) is 0 Å². The Balaban J connectivity index is 1.33. The minimum absolute atomic E-state index is 0.205. The molecular weight excluding hydrogens is 474 g/mol. The summed E-state index contributed by atoms with van der Waals surface area (Å²) in [5, 5.41) is 7.69. The molecule has 2 fully saturated rings. The maximum atomic E-state index is 13.4. The molecule has 36 heavy (non-hydrogen) atoms. The number of aromatic nitrogens is 3. The molecule has 1 saturated carbocycles. The zero-order valence-electron chi connectivity index (χ0n) is 19.8. The molecule has 4 aromatic rings. The van der Waals surface area contributed by atoms with Crippen molar-refractivity contribution in [3.8, 4) is 11.8 Å². The first kappa shape index (κ1) is 22.8. The van der Waals surface area contributed by atoms with Crippen molar-refractivity contribution in [1.82, 2.24) is 19.9 Å². The van der Waals surface area contributed by atoms with Crippen molar-refractivity contribution in [2.75, 3.05) is 18.4 Å². The van der Waals surface area contributed by atoms with Gasteiger partial charge in [0.15, 0.2) is 5.22 Å². The van der Waals surface area contributed by atoms with Gasteiger partial charge in [0.25, 0.3) is 5.56 Å². The van der Waals surface area contributed by atoms with Gasteiger partial charge in [-0.3, -0.25) is 9.36 Å². The molecule has 0 radical (unpaired) electrons. The monoisotopic (exact) mass is 499 g/mol. The van der Waals surface area contributed by atoms with Crippen molar-refractivity contribution in [1.29, 1.82) is 0 Å². The SMILES string of the molecule is O=c1c(C#CC2CC2)cc2cnc(Nc3ccc(C4CCNCC4)cc3)nc2n1Cc1ccoc1Cl. The summed E-state index contributed by atoms with van der Waals surface area (Å²) in [5.41, 5.74) is 3.70. The third-order valence-corrected chi connectivity index (χ3v) is 7.15. The highest BCUT2D eigenvalue weighted by molar-refractivity contribution is 6.29. The van der Waals surface area contributed by atoms with Crippen molar-refractivity contribution >= 4 is 34.3 Å². The second-order valence-corrected chi connectivity index (χ2v) is 9.80. The van der Waals surface area contributed by atoms with E-state index in [0.29, 0.717) is 34.6 Å². The van der Waals surface area contributed by atoms with Gasteiger partial charge >= 0.3 is 0 Å². The molecule has 1 aliphatic heterocycles. The molecule has 2 N–H and O–H groups in total. The van der Waals surface area contributed by atoms with Crippen molar-refractivity contribution in [2.45, 2.75) is 38.1 Å². The number of furan rings is 1. The summed E-state index contributed by atoms with van der Waals surface area (Å²) >= 11 is 6.19. The van der Waals surface area contributed by atoms with E-state index >= 15 is 0 Å². The van der Waals surface area contributed by atoms with Crippen LogP contribution in [0.5, 0.6) is 0 Å². The second kappa shape index (κ2) is 9.81. The molecule has 0 spiro atoms. The summed E-state index contributed by atoms with van der Waals surface area (Å²) in [5.74, 6) is 7.66. The van der Waals surface area contributed by atoms with Crippen LogP contribution in [-0.4, -0.2) is 27.6 Å². The van der Waals surface area contributed by atoms with E-state index in [2.05, 4.69) is 51.7 Å². The van der Waals surface area contributed by atoms with Crippen LogP contribution in [0.1, 0.15) is 48.3 Å². The molecule has 7 nitrogen and oxygen atoms in total. The van der Waals surface area contributed by atoms with Gasteiger partial charge in [-0.15, -0.1) is 0 Å². The molecule has 3 aromatic heterocycles. The maximum Gasteiger partial charge on any atom is 0.268 e. The summed E-state index contributed by atoms with van der Waals surface area (Å²) in [6.45, 7) is 2.36. The van der Waals surface area contributed by atoms with Crippen LogP contribution in [0, 0.1) is 17.8 Å². The first-order chi connectivity index (χ1) is 17.6. The van der Waals surface area contributed by atoms with Crippen LogP contribution >= 0.6 is 11.6 Å². The third kappa shape index (κ3) is 4.88. The highest BCUT2D eigenvalue weighted by atomic mass is 35.5. The normalized spacial score (nSPS) is 16.0. The van der Waals surface area contributed by atoms with Gasteiger partial charge in [-0.2, -0.15) is 4.98 Å². The van der Waals surface area contributed by atoms with Crippen LogP contribution < -0.4 is 16.2 Å². The van der Waals surface area contributed by atoms with Gasteiger partial charge in [0.05, 0.1) is 18.4 Å². The number of fused-ring (bicyclic) bond motifs is 1. The molecule has 8 heteroatoms. The molecular formula is C28H26ClN5O2. The van der Waals surface area contributed by atoms with E-state index in [1.807, 2.05) is 0 Å². The molecule has 1 saturated heterocycles. The van der Waals surface area contributed by atoms with E-state index in [1.54, 1.807) is 22.9 Å². The fourth-order valence-corrected chi connectivity index (χ4v) is 4.76. The number of nitrogens with one attached hydrogen (secondary N) is 2. The van der Waals surface area contributed by atoms with Gasteiger partial charge in [0, 0.05) is 28.8 Å². The molecule has 0 amide bonds. The van der Waals surface area contributed by atoms with E-state index in [0.717, 1.165) is 49.8 Å². The summed E-state index contributed by atoms with van der Waals surface area (Å²) in [6.07, 6.45) is 7.74. The van der Waals surface area contributed by atoms with Gasteiger partial charge in [-0.1, -0.05) is 24.0 Å². The number of anilines is 2. The fourth-order valence-electron chi connectivity index (χ4n) is 4.59. The lowest BCUT2D eigenvalue weighted by Gasteiger charge is -2.23. The lowest BCUT2D eigenvalue weighted by molar-refractivity contribution is 0.460. The van der Waals surface area contributed by atoms with E-state index in [9.17, 15) is 4.79 Å². The second-order valence-electron chi connectivity index (χ2n) is 9.46. The van der Waals surface area contributed by atoms with Crippen molar-refractivity contribution in [2.24, 2.45) is 5.92 Å². The first-order valence-corrected chi connectivity index (χ1v) is 12.7. The fraction of sp³-hybridized carbons (Fsp3) is 0.321. The Hall–Kier alpha value is -3.60. The van der Waals surface area contributed by atoms with E-state index in [4.69, 9.17) is 21.0 Å². The smallest absolute Gasteiger partial charge is 0.268 e. The first-order valence-electron chi connectivity index (χ1n) is 12.4. The van der Waals surface area contributed by atoms with E-state index in [-0.39, 0.29) is 17.3 Å². The van der Waals surface area contributed by atoms with Gasteiger partial charge < -0.3 is 15.1 Å². The molecule has 0 bridgehead atoms. The summed E-state index contributed by atoms with van der Waals surface area (Å²) < 4.78 is 6.83. The molecule has 1 aromatic carbocycles. The lowest BCUT2D eigenvalue weighted by atomic mass is 9.90. The van der Waals surface area contributed by atoms with Crippen molar-refractivity contribution in [3.63, 3.8) is 0 Å². The average Bonchev–Trinajstić information content (AvgIpc) is 3.66. The molecule has 2 aliphatic rings. The largest absolute Gasteiger partial charge is 0.453 e. The zero-order chi connectivity index (χ0) is 24.5. The van der Waals surface area contributed by atoms with Crippen LogP contribution in [0.4, 0.5) is 11.6 Å². The summed E-state index contributed by atoms with van der Waals surface area (Å²) in [4.78, 5) is 22.6. The summed E-state index contributed by atoms with van der Waals surface area (Å²) in [6, 6.07) is 12.0. The van der Waals surface area contributed by atoms with E-state index < -0.39 is 0 Å². The van der Waals surface area contributed by atoms with Crippen molar-refractivity contribution < 1.29 is 4.42 Å². The number of piperidine rings is 1. The van der Waals surface area contributed by atoms with Gasteiger partial charge in [0.2, 0.25) is 5.95 Å². The molecule has 0 atom stereocenters. The van der Waals surface area contributed by atoms with Crippen LogP contribution in [0.2, 0.25) is 5.22 Å². The highest BCUT2D eigenvalue weighted by Gasteiger charge is 2.19. The molecule has 6 rings (SSSR count). The van der Waals surface area contributed by atoms with Gasteiger partial charge in [0.1, 0.15) is 5.65 Å². The molecule has 4 heterocycles. The topological polar surface area (TPSA) is 85.0 Å². The Kier molecular flexibility index (Phi) is 6.22. The number of pyridine rings is 1. The number of hydrogen-bond donors (Lipinski definition) is 2. The minimum Gasteiger partial charge on any atom is -0.453 e. The Labute approximate surface area is 213 Å². The standard InChI is InChI=1S/C28H26ClN5O2/c29-25-22(11-14-36-25)17-34-26-23(15-21(27(34)35)4-3-18-1-2-18)16-31-28(33-26)32-24-7-5-19(6-8-24)20-9-12-30-13-10-20/h5-8,11,14-16,18,20,30H,1-2,9-10,12-13,17H2,(H,31,32,33). The average molecular weight is 500 g/mol. The third-order valence-electron chi connectivity index (χ3n) is 6.81. The minimum atomic E-state index is -0.205. The predicted octanol–water partition coefficient (Wildman–Crippen LogP) is 5.06. The number of halogens is 1. The Morgan fingerprint density at radius 3 is 2.67 bits per heavy atom. The number of hydrogen-bond acceptors (Lipinski definition) is 6. The number of rotatable bonds is 5. The lowest BCUT2D eigenvalue weighted by Crippen LogP contribution is -2.26. The maximum absolute atomic E-state index is 13.4. The highest BCUT2D eigenvalue weighted by Crippen LogP contribution is 2.28. The predicted molar refractivity (Wildman–Crippen MR) is 141 cm³/mol. The van der Waals surface area contributed by atoms with Crippen molar-refractivity contribution in [3.05, 3.63) is 81.1 Å². The van der Waals surface area contributed by atoms with Gasteiger partial charge in [-0.25, -0.2) is 4.98 Å². The van der Waals surface area contributed by atoms with E-state index in [1.165, 1.54) is 11.8 Å². The molecule has 1 aliphatic carbocycles. The summed E-state index contributed by atoms with van der Waals surface area (Å²) in [7, 11) is 0. The van der Waals surface area contributed by atoms with Crippen LogP contribution in [0.15, 0.2) is 58.1 Å². The number of nitrogens with zero attached hydrogens (tertiary/aromatic N) is 3. The Bertz CT molecular complexity index is 1520. The Morgan fingerprint density at radius 2 is 1.94 bits per heavy atom. The quantitative estimate of drug-likeness (QED) is 0.373. The van der Waals surface area contributed by atoms with Crippen LogP contribution in [-0.2, 0) is 6.54 Å². The number of benzene rings is 1. The Morgan fingerprint density at radius 1 is 1.14 bits per heavy atom.